The Morgan fingerprint density at radius 2 is 1.69 bits per heavy atom. The maximum atomic E-state index is 5.42. The minimum absolute atomic E-state index is 0.370. The van der Waals surface area contributed by atoms with E-state index in [4.69, 9.17) is 4.52 Å². The van der Waals surface area contributed by atoms with E-state index < -0.39 is 0 Å². The predicted molar refractivity (Wildman–Crippen MR) is 98.9 cm³/mol. The molecule has 4 rings (SSSR count). The van der Waals surface area contributed by atoms with Crippen molar-refractivity contribution in [1.29, 1.82) is 0 Å². The van der Waals surface area contributed by atoms with Crippen molar-refractivity contribution >= 4 is 0 Å². The van der Waals surface area contributed by atoms with Crippen LogP contribution in [0.25, 0.3) is 28.7 Å². The van der Waals surface area contributed by atoms with E-state index in [0.29, 0.717) is 17.4 Å². The molecule has 0 saturated heterocycles. The monoisotopic (exact) mass is 345 g/mol. The van der Waals surface area contributed by atoms with Crippen LogP contribution < -0.4 is 0 Å². The summed E-state index contributed by atoms with van der Waals surface area (Å²) in [6.07, 6.45) is 1.01. The molecule has 0 aliphatic heterocycles. The summed E-state index contributed by atoms with van der Waals surface area (Å²) >= 11 is 0. The fraction of sp³-hybridized carbons (Fsp3) is 0.200. The summed E-state index contributed by atoms with van der Waals surface area (Å²) < 4.78 is 7.21. The lowest BCUT2D eigenvalue weighted by atomic mass is 10.1. The largest absolute Gasteiger partial charge is 0.332 e. The molecule has 0 unspecified atom stereocenters. The fourth-order valence-corrected chi connectivity index (χ4v) is 2.78. The summed E-state index contributed by atoms with van der Waals surface area (Å²) in [5.74, 6) is 0.913. The number of hydrogen-bond acceptors (Lipinski definition) is 5. The third-order valence-corrected chi connectivity index (χ3v) is 4.42. The normalized spacial score (nSPS) is 11.0. The molecule has 0 saturated carbocycles. The maximum Gasteiger partial charge on any atom is 0.280 e. The Hall–Kier alpha value is -3.28. The third kappa shape index (κ3) is 2.90. The minimum Gasteiger partial charge on any atom is -0.332 e. The smallest absolute Gasteiger partial charge is 0.280 e. The number of nitrogens with zero attached hydrogens (tertiary/aromatic N) is 5. The highest BCUT2D eigenvalue weighted by atomic mass is 16.5. The molecule has 0 atom stereocenters. The standard InChI is InChI=1S/C20H19N5O/c1-4-15-7-11-17(12-8-15)25-14(3)18(22-24-25)20-21-19(23-26-20)16-9-5-13(2)6-10-16/h5-12H,4H2,1-3H3. The van der Waals surface area contributed by atoms with Crippen molar-refractivity contribution < 1.29 is 4.52 Å². The Morgan fingerprint density at radius 1 is 0.962 bits per heavy atom. The van der Waals surface area contributed by atoms with Gasteiger partial charge in [0.15, 0.2) is 5.69 Å². The van der Waals surface area contributed by atoms with Crippen LogP contribution >= 0.6 is 0 Å². The van der Waals surface area contributed by atoms with Crippen molar-refractivity contribution in [3.8, 4) is 28.7 Å². The summed E-state index contributed by atoms with van der Waals surface area (Å²) in [5, 5.41) is 12.6. The van der Waals surface area contributed by atoms with E-state index in [1.807, 2.05) is 50.2 Å². The third-order valence-electron chi connectivity index (χ3n) is 4.42. The number of aromatic nitrogens is 5. The van der Waals surface area contributed by atoms with E-state index in [1.54, 1.807) is 4.68 Å². The average molecular weight is 345 g/mol. The van der Waals surface area contributed by atoms with Crippen molar-refractivity contribution in [2.45, 2.75) is 27.2 Å². The zero-order valence-electron chi connectivity index (χ0n) is 15.0. The molecule has 0 spiro atoms. The van der Waals surface area contributed by atoms with Gasteiger partial charge in [-0.3, -0.25) is 0 Å². The molecule has 6 nitrogen and oxygen atoms in total. The van der Waals surface area contributed by atoms with E-state index in [2.05, 4.69) is 39.5 Å². The molecular formula is C20H19N5O. The second-order valence-electron chi connectivity index (χ2n) is 6.24. The van der Waals surface area contributed by atoms with Gasteiger partial charge in [0.05, 0.1) is 11.4 Å². The van der Waals surface area contributed by atoms with Gasteiger partial charge in [-0.05, 0) is 38.0 Å². The Morgan fingerprint density at radius 3 is 2.38 bits per heavy atom. The minimum atomic E-state index is 0.370. The first-order valence-corrected chi connectivity index (χ1v) is 8.58. The summed E-state index contributed by atoms with van der Waals surface area (Å²) in [7, 11) is 0. The molecule has 0 aliphatic carbocycles. The lowest BCUT2D eigenvalue weighted by molar-refractivity contribution is 0.430. The Bertz CT molecular complexity index is 1030. The molecule has 0 fully saturated rings. The summed E-state index contributed by atoms with van der Waals surface area (Å²) in [6.45, 7) is 6.12. The van der Waals surface area contributed by atoms with Gasteiger partial charge < -0.3 is 4.52 Å². The van der Waals surface area contributed by atoms with Crippen LogP contribution in [-0.4, -0.2) is 25.1 Å². The Kier molecular flexibility index (Phi) is 4.08. The molecule has 130 valence electrons. The van der Waals surface area contributed by atoms with Gasteiger partial charge in [-0.25, -0.2) is 4.68 Å². The molecule has 26 heavy (non-hydrogen) atoms. The highest BCUT2D eigenvalue weighted by Crippen LogP contribution is 2.24. The molecule has 2 aromatic heterocycles. The first-order valence-electron chi connectivity index (χ1n) is 8.58. The highest BCUT2D eigenvalue weighted by molar-refractivity contribution is 5.59. The first-order chi connectivity index (χ1) is 12.7. The molecule has 6 heteroatoms. The van der Waals surface area contributed by atoms with Crippen LogP contribution in [0.4, 0.5) is 0 Å². The highest BCUT2D eigenvalue weighted by Gasteiger charge is 2.18. The van der Waals surface area contributed by atoms with E-state index in [0.717, 1.165) is 23.4 Å². The zero-order chi connectivity index (χ0) is 18.1. The topological polar surface area (TPSA) is 69.6 Å². The van der Waals surface area contributed by atoms with Gasteiger partial charge in [0, 0.05) is 5.56 Å². The van der Waals surface area contributed by atoms with Crippen LogP contribution in [-0.2, 0) is 6.42 Å². The molecule has 0 aliphatic rings. The maximum absolute atomic E-state index is 5.42. The number of aryl methyl sites for hydroxylation is 2. The first kappa shape index (κ1) is 16.2. The van der Waals surface area contributed by atoms with Crippen LogP contribution in [0, 0.1) is 13.8 Å². The van der Waals surface area contributed by atoms with Crippen LogP contribution in [0.15, 0.2) is 53.1 Å². The number of rotatable bonds is 4. The molecule has 0 radical (unpaired) electrons. The van der Waals surface area contributed by atoms with E-state index in [-0.39, 0.29) is 0 Å². The van der Waals surface area contributed by atoms with Gasteiger partial charge in [-0.15, -0.1) is 5.10 Å². The molecule has 4 aromatic rings. The van der Waals surface area contributed by atoms with Crippen LogP contribution in [0.2, 0.25) is 0 Å². The lowest BCUT2D eigenvalue weighted by Crippen LogP contribution is -1.99. The Labute approximate surface area is 151 Å². The second kappa shape index (κ2) is 6.55. The molecule has 2 aromatic carbocycles. The fourth-order valence-electron chi connectivity index (χ4n) is 2.78. The average Bonchev–Trinajstić information content (AvgIpc) is 3.29. The number of hydrogen-bond donors (Lipinski definition) is 0. The molecule has 2 heterocycles. The van der Waals surface area contributed by atoms with Crippen LogP contribution in [0.5, 0.6) is 0 Å². The van der Waals surface area contributed by atoms with Gasteiger partial charge in [-0.1, -0.05) is 59.3 Å². The molecule has 0 amide bonds. The number of benzene rings is 2. The molecular weight excluding hydrogens is 326 g/mol. The van der Waals surface area contributed by atoms with Crippen molar-refractivity contribution in [3.63, 3.8) is 0 Å². The van der Waals surface area contributed by atoms with Gasteiger partial charge in [0.1, 0.15) is 0 Å². The van der Waals surface area contributed by atoms with E-state index >= 15 is 0 Å². The molecule has 0 bridgehead atoms. The summed E-state index contributed by atoms with van der Waals surface area (Å²) in [6, 6.07) is 16.3. The quantitative estimate of drug-likeness (QED) is 0.555. The van der Waals surface area contributed by atoms with Crippen LogP contribution in [0.3, 0.4) is 0 Å². The molecule has 0 N–H and O–H groups in total. The Balaban J connectivity index is 1.67. The lowest BCUT2D eigenvalue weighted by Gasteiger charge is -2.04. The van der Waals surface area contributed by atoms with Gasteiger partial charge in [0.25, 0.3) is 5.89 Å². The van der Waals surface area contributed by atoms with Crippen molar-refractivity contribution in [3.05, 3.63) is 65.4 Å². The van der Waals surface area contributed by atoms with Crippen molar-refractivity contribution in [2.75, 3.05) is 0 Å². The van der Waals surface area contributed by atoms with Crippen molar-refractivity contribution in [1.82, 2.24) is 25.1 Å². The zero-order valence-corrected chi connectivity index (χ0v) is 15.0. The van der Waals surface area contributed by atoms with E-state index in [9.17, 15) is 0 Å². The predicted octanol–water partition coefficient (Wildman–Crippen LogP) is 4.16. The SMILES string of the molecule is CCc1ccc(-n2nnc(-c3nc(-c4ccc(C)cc4)no3)c2C)cc1. The van der Waals surface area contributed by atoms with Crippen LogP contribution in [0.1, 0.15) is 23.7 Å². The second-order valence-corrected chi connectivity index (χ2v) is 6.24. The van der Waals surface area contributed by atoms with Gasteiger partial charge in [-0.2, -0.15) is 4.98 Å². The van der Waals surface area contributed by atoms with Gasteiger partial charge >= 0.3 is 0 Å². The summed E-state index contributed by atoms with van der Waals surface area (Å²) in [4.78, 5) is 4.48. The summed E-state index contributed by atoms with van der Waals surface area (Å²) in [5.41, 5.74) is 5.78. The van der Waals surface area contributed by atoms with Crippen molar-refractivity contribution in [2.24, 2.45) is 0 Å². The van der Waals surface area contributed by atoms with Gasteiger partial charge in [0.2, 0.25) is 5.82 Å². The van der Waals surface area contributed by atoms with E-state index in [1.165, 1.54) is 11.1 Å².